The summed E-state index contributed by atoms with van der Waals surface area (Å²) in [5.74, 6) is -0.416. The summed E-state index contributed by atoms with van der Waals surface area (Å²) in [7, 11) is -3.99. The first-order valence-electron chi connectivity index (χ1n) is 10.5. The zero-order chi connectivity index (χ0) is 23.6. The lowest BCUT2D eigenvalue weighted by molar-refractivity contribution is -0.148. The van der Waals surface area contributed by atoms with Crippen molar-refractivity contribution in [2.24, 2.45) is 0 Å². The Hall–Kier alpha value is -3.24. The Morgan fingerprint density at radius 3 is 2.42 bits per heavy atom. The van der Waals surface area contributed by atoms with Gasteiger partial charge in [0.15, 0.2) is 29.7 Å². The van der Waals surface area contributed by atoms with Crippen LogP contribution < -0.4 is 9.47 Å². The molecule has 9 nitrogen and oxygen atoms in total. The molecule has 4 rings (SSSR count). The molecule has 10 heteroatoms. The number of benzene rings is 2. The molecule has 0 aromatic heterocycles. The van der Waals surface area contributed by atoms with Gasteiger partial charge >= 0.3 is 5.97 Å². The number of carbonyl (C=O) groups is 3. The molecule has 1 saturated heterocycles. The third-order valence-electron chi connectivity index (χ3n) is 5.63. The molecule has 0 radical (unpaired) electrons. The van der Waals surface area contributed by atoms with E-state index in [1.165, 1.54) is 37.3 Å². The number of carbonyl (C=O) groups excluding carboxylic acids is 3. The summed E-state index contributed by atoms with van der Waals surface area (Å²) in [6.07, 6.45) is 1.55. The number of fused-ring (bicyclic) bond motifs is 1. The number of ketones is 2. The van der Waals surface area contributed by atoms with Crippen LogP contribution in [-0.4, -0.2) is 56.2 Å². The Labute approximate surface area is 191 Å². The topological polar surface area (TPSA) is 116 Å². The molecule has 0 saturated carbocycles. The van der Waals surface area contributed by atoms with Crippen LogP contribution in [0, 0.1) is 0 Å². The normalized spacial score (nSPS) is 18.0. The Kier molecular flexibility index (Phi) is 6.48. The summed E-state index contributed by atoms with van der Waals surface area (Å²) in [5, 5.41) is 0. The van der Waals surface area contributed by atoms with Crippen LogP contribution in [-0.2, 0) is 19.6 Å². The highest BCUT2D eigenvalue weighted by molar-refractivity contribution is 7.89. The number of sulfonamides is 1. The molecule has 1 unspecified atom stereocenters. The van der Waals surface area contributed by atoms with Crippen molar-refractivity contribution in [2.75, 3.05) is 19.9 Å². The minimum absolute atomic E-state index is 0.0105. The number of Topliss-reactive ketones (excluding diaryl/α,β-unsaturated/α-hetero) is 2. The van der Waals surface area contributed by atoms with Gasteiger partial charge in [-0.3, -0.25) is 14.4 Å². The van der Waals surface area contributed by atoms with Gasteiger partial charge in [-0.1, -0.05) is 12.1 Å². The van der Waals surface area contributed by atoms with Crippen molar-refractivity contribution in [3.63, 3.8) is 0 Å². The van der Waals surface area contributed by atoms with Crippen molar-refractivity contribution >= 4 is 27.6 Å². The average molecular weight is 474 g/mol. The Bertz CT molecular complexity index is 1190. The Morgan fingerprint density at radius 2 is 1.70 bits per heavy atom. The maximum atomic E-state index is 13.2. The second kappa shape index (κ2) is 9.32. The van der Waals surface area contributed by atoms with Gasteiger partial charge in [0.05, 0.1) is 4.90 Å². The monoisotopic (exact) mass is 473 g/mol. The van der Waals surface area contributed by atoms with Gasteiger partial charge in [-0.25, -0.2) is 8.42 Å². The number of ether oxygens (including phenoxy) is 3. The molecule has 33 heavy (non-hydrogen) atoms. The molecule has 0 aliphatic carbocycles. The summed E-state index contributed by atoms with van der Waals surface area (Å²) < 4.78 is 43.2. The number of hydrogen-bond donors (Lipinski definition) is 0. The van der Waals surface area contributed by atoms with Crippen LogP contribution in [0.1, 0.15) is 46.9 Å². The van der Waals surface area contributed by atoms with Crippen LogP contribution in [0.15, 0.2) is 47.4 Å². The van der Waals surface area contributed by atoms with E-state index < -0.39 is 34.4 Å². The van der Waals surface area contributed by atoms with E-state index in [4.69, 9.17) is 14.2 Å². The third kappa shape index (κ3) is 4.76. The molecular weight excluding hydrogens is 450 g/mol. The zero-order valence-corrected chi connectivity index (χ0v) is 18.8. The third-order valence-corrected chi connectivity index (χ3v) is 7.56. The number of esters is 1. The highest BCUT2D eigenvalue weighted by atomic mass is 32.2. The van der Waals surface area contributed by atoms with E-state index in [0.717, 1.165) is 4.31 Å². The van der Waals surface area contributed by atoms with Crippen LogP contribution in [0.25, 0.3) is 0 Å². The van der Waals surface area contributed by atoms with Crippen LogP contribution >= 0.6 is 0 Å². The Balaban J connectivity index is 1.45. The van der Waals surface area contributed by atoms with E-state index in [-0.39, 0.29) is 24.0 Å². The molecule has 174 valence electrons. The van der Waals surface area contributed by atoms with E-state index in [1.54, 1.807) is 12.1 Å². The minimum Gasteiger partial charge on any atom is -0.456 e. The largest absolute Gasteiger partial charge is 0.456 e. The van der Waals surface area contributed by atoms with Crippen LogP contribution in [0.3, 0.4) is 0 Å². The van der Waals surface area contributed by atoms with Gasteiger partial charge < -0.3 is 14.2 Å². The zero-order valence-electron chi connectivity index (χ0n) is 18.0. The second-order valence-electron chi connectivity index (χ2n) is 7.81. The second-order valence-corrected chi connectivity index (χ2v) is 9.70. The predicted octanol–water partition coefficient (Wildman–Crippen LogP) is 2.59. The molecule has 2 aliphatic rings. The van der Waals surface area contributed by atoms with Gasteiger partial charge in [-0.2, -0.15) is 4.31 Å². The smallest absolute Gasteiger partial charge is 0.324 e. The van der Waals surface area contributed by atoms with Crippen molar-refractivity contribution in [2.45, 2.75) is 37.1 Å². The molecule has 0 amide bonds. The SMILES string of the molecule is CC(=O)c1ccc(S(=O)(=O)N2CCCCC2C(=O)OCC(=O)c2ccc3c(c2)OCO3)cc1. The first kappa shape index (κ1) is 22.9. The lowest BCUT2D eigenvalue weighted by Gasteiger charge is -2.33. The van der Waals surface area contributed by atoms with Crippen LogP contribution in [0.2, 0.25) is 0 Å². The van der Waals surface area contributed by atoms with Crippen molar-refractivity contribution < 1.29 is 37.0 Å². The van der Waals surface area contributed by atoms with Gasteiger partial charge in [0.1, 0.15) is 6.04 Å². The van der Waals surface area contributed by atoms with Crippen molar-refractivity contribution in [1.29, 1.82) is 0 Å². The molecule has 2 aromatic carbocycles. The van der Waals surface area contributed by atoms with Crippen LogP contribution in [0.4, 0.5) is 0 Å². The van der Waals surface area contributed by atoms with E-state index in [1.807, 2.05) is 0 Å². The van der Waals surface area contributed by atoms with Crippen LogP contribution in [0.5, 0.6) is 11.5 Å². The number of hydrogen-bond acceptors (Lipinski definition) is 8. The molecular formula is C23H23NO8S. The molecule has 1 atom stereocenters. The highest BCUT2D eigenvalue weighted by Crippen LogP contribution is 2.32. The molecule has 0 N–H and O–H groups in total. The standard InChI is InChI=1S/C23H23NO8S/c1-15(25)16-5-8-18(9-6-16)33(28,29)24-11-3-2-4-19(24)23(27)30-13-20(26)17-7-10-21-22(12-17)32-14-31-21/h5-10,12,19H,2-4,11,13-14H2,1H3. The molecule has 2 heterocycles. The van der Waals surface area contributed by atoms with Gasteiger partial charge in [0.25, 0.3) is 0 Å². The molecule has 2 aliphatic heterocycles. The summed E-state index contributed by atoms with van der Waals surface area (Å²) in [6, 6.07) is 9.22. The number of piperidine rings is 1. The van der Waals surface area contributed by atoms with Crippen molar-refractivity contribution in [1.82, 2.24) is 4.31 Å². The molecule has 0 spiro atoms. The minimum atomic E-state index is -3.99. The van der Waals surface area contributed by atoms with Gasteiger partial charge in [-0.15, -0.1) is 0 Å². The first-order chi connectivity index (χ1) is 15.8. The summed E-state index contributed by atoms with van der Waals surface area (Å²) in [5.41, 5.74) is 0.691. The first-order valence-corrected chi connectivity index (χ1v) is 11.9. The predicted molar refractivity (Wildman–Crippen MR) is 116 cm³/mol. The lowest BCUT2D eigenvalue weighted by atomic mass is 10.1. The quantitative estimate of drug-likeness (QED) is 0.445. The highest BCUT2D eigenvalue weighted by Gasteiger charge is 2.38. The fourth-order valence-corrected chi connectivity index (χ4v) is 5.46. The van der Waals surface area contributed by atoms with E-state index in [9.17, 15) is 22.8 Å². The number of rotatable bonds is 7. The van der Waals surface area contributed by atoms with E-state index in [2.05, 4.69) is 0 Å². The Morgan fingerprint density at radius 1 is 1.00 bits per heavy atom. The maximum Gasteiger partial charge on any atom is 0.324 e. The lowest BCUT2D eigenvalue weighted by Crippen LogP contribution is -2.48. The number of nitrogens with zero attached hydrogens (tertiary/aromatic N) is 1. The summed E-state index contributed by atoms with van der Waals surface area (Å²) in [6.45, 7) is 1.11. The van der Waals surface area contributed by atoms with E-state index >= 15 is 0 Å². The molecule has 2 aromatic rings. The summed E-state index contributed by atoms with van der Waals surface area (Å²) in [4.78, 5) is 36.7. The average Bonchev–Trinajstić information content (AvgIpc) is 3.30. The molecule has 1 fully saturated rings. The van der Waals surface area contributed by atoms with Crippen molar-refractivity contribution in [3.05, 3.63) is 53.6 Å². The molecule has 0 bridgehead atoms. The van der Waals surface area contributed by atoms with Gasteiger partial charge in [-0.05, 0) is 56.5 Å². The van der Waals surface area contributed by atoms with Crippen molar-refractivity contribution in [3.8, 4) is 11.5 Å². The van der Waals surface area contributed by atoms with Gasteiger partial charge in [0, 0.05) is 17.7 Å². The van der Waals surface area contributed by atoms with Gasteiger partial charge in [0.2, 0.25) is 16.8 Å². The maximum absolute atomic E-state index is 13.2. The fraction of sp³-hybridized carbons (Fsp3) is 0.348. The van der Waals surface area contributed by atoms with E-state index in [0.29, 0.717) is 41.9 Å². The summed E-state index contributed by atoms with van der Waals surface area (Å²) >= 11 is 0. The fourth-order valence-electron chi connectivity index (χ4n) is 3.81.